The zero-order valence-electron chi connectivity index (χ0n) is 44.9. The number of nitrogens with one attached hydrogen (secondary N) is 2. The van der Waals surface area contributed by atoms with Crippen LogP contribution in [0, 0.1) is 0 Å². The monoisotopic (exact) mass is 1250 g/mol. The van der Waals surface area contributed by atoms with E-state index in [1.165, 1.54) is 0 Å². The molecule has 85 heavy (non-hydrogen) atoms. The van der Waals surface area contributed by atoms with E-state index in [0.29, 0.717) is 0 Å². The van der Waals surface area contributed by atoms with Gasteiger partial charge in [-0.2, -0.15) is 0 Å². The third kappa shape index (κ3) is 15.0. The van der Waals surface area contributed by atoms with Gasteiger partial charge in [0.25, 0.3) is 11.6 Å². The van der Waals surface area contributed by atoms with Gasteiger partial charge in [0, 0.05) is 26.7 Å². The molecule has 6 aliphatic heterocycles. The first-order chi connectivity index (χ1) is 39.9. The molecule has 39 nitrogen and oxygen atoms in total. The van der Waals surface area contributed by atoms with Crippen molar-refractivity contribution in [3.8, 4) is 0 Å². The van der Waals surface area contributed by atoms with Gasteiger partial charge in [0.2, 0.25) is 11.8 Å². The molecule has 39 heteroatoms. The zero-order chi connectivity index (χ0) is 63.5. The minimum atomic E-state index is -3.47. The number of aliphatic hydroxyl groups excluding tert-OH is 20. The van der Waals surface area contributed by atoms with Crippen LogP contribution in [-0.4, -0.2) is 371 Å². The van der Waals surface area contributed by atoms with Crippen LogP contribution in [0.2, 0.25) is 0 Å². The minimum absolute atomic E-state index is 0.873. The molecule has 0 spiro atoms. The van der Waals surface area contributed by atoms with Crippen LogP contribution in [0.1, 0.15) is 26.7 Å². The Labute approximate surface area is 479 Å². The molecule has 492 valence electrons. The first-order valence-corrected chi connectivity index (χ1v) is 26.4. The molecule has 6 saturated heterocycles. The molecule has 6 fully saturated rings. The molecule has 0 bridgehead atoms. The van der Waals surface area contributed by atoms with Gasteiger partial charge in [-0.15, -0.1) is 0 Å². The number of carbonyl (C=O) groups is 4. The molecular weight excluding hydrogens is 1170 g/mol. The third-order valence-corrected chi connectivity index (χ3v) is 15.2. The Bertz CT molecular complexity index is 2190. The molecule has 32 atom stereocenters. The van der Waals surface area contributed by atoms with Gasteiger partial charge in [-0.3, -0.25) is 9.59 Å². The average molecular weight is 1250 g/mol. The van der Waals surface area contributed by atoms with Gasteiger partial charge in [0.15, 0.2) is 25.2 Å². The number of ether oxygens (including phenoxy) is 11. The summed E-state index contributed by atoms with van der Waals surface area (Å²) in [5, 5.41) is 241. The van der Waals surface area contributed by atoms with E-state index in [1.54, 1.807) is 0 Å². The molecule has 0 unspecified atom stereocenters. The van der Waals surface area contributed by atoms with Gasteiger partial charge in [-0.25, -0.2) is 9.59 Å². The summed E-state index contributed by atoms with van der Waals surface area (Å²) in [7, 11) is 0. The maximum absolute atomic E-state index is 13.4. The molecule has 6 heterocycles. The van der Waals surface area contributed by atoms with Crippen molar-refractivity contribution in [1.29, 1.82) is 0 Å². The topological polar surface area (TPSA) is 639 Å². The fourth-order valence-electron chi connectivity index (χ4n) is 10.7. The highest BCUT2D eigenvalue weighted by molar-refractivity contribution is 5.77. The number of aliphatic hydroxyl groups is 20. The summed E-state index contributed by atoms with van der Waals surface area (Å²) in [5.74, 6) is -13.1. The molecule has 6 aliphatic rings. The molecule has 6 rings (SSSR count). The largest absolute Gasteiger partial charge is 0.477 e. The van der Waals surface area contributed by atoms with E-state index in [0.717, 1.165) is 13.8 Å². The second-order valence-corrected chi connectivity index (χ2v) is 21.1. The van der Waals surface area contributed by atoms with Gasteiger partial charge >= 0.3 is 11.9 Å². The quantitative estimate of drug-likeness (QED) is 0.0427. The number of rotatable bonds is 24. The minimum Gasteiger partial charge on any atom is -0.477 e. The van der Waals surface area contributed by atoms with E-state index < -0.39 is 272 Å². The van der Waals surface area contributed by atoms with Crippen molar-refractivity contribution in [2.45, 2.75) is 222 Å². The molecule has 0 radical (unpaired) electrons. The highest BCUT2D eigenvalue weighted by Gasteiger charge is 2.63. The van der Waals surface area contributed by atoms with E-state index in [9.17, 15) is 132 Å². The highest BCUT2D eigenvalue weighted by Crippen LogP contribution is 2.41. The van der Waals surface area contributed by atoms with E-state index in [2.05, 4.69) is 10.6 Å². The molecule has 0 aromatic heterocycles. The van der Waals surface area contributed by atoms with Crippen molar-refractivity contribution in [1.82, 2.24) is 10.6 Å². The molecule has 0 saturated carbocycles. The van der Waals surface area contributed by atoms with Crippen molar-refractivity contribution in [3.05, 3.63) is 0 Å². The van der Waals surface area contributed by atoms with Crippen LogP contribution in [-0.2, 0) is 71.3 Å². The molecule has 0 aromatic rings. The number of carbonyl (C=O) groups excluding carboxylic acids is 2. The van der Waals surface area contributed by atoms with Crippen LogP contribution in [0.25, 0.3) is 0 Å². The van der Waals surface area contributed by atoms with Crippen molar-refractivity contribution in [3.63, 3.8) is 0 Å². The number of aliphatic carboxylic acids is 2. The smallest absolute Gasteiger partial charge is 0.364 e. The van der Waals surface area contributed by atoms with Crippen molar-refractivity contribution >= 4 is 23.8 Å². The highest BCUT2D eigenvalue weighted by atomic mass is 16.8. The lowest BCUT2D eigenvalue weighted by molar-refractivity contribution is -0.397. The van der Waals surface area contributed by atoms with Crippen LogP contribution in [0.4, 0.5) is 0 Å². The van der Waals surface area contributed by atoms with Gasteiger partial charge in [-0.05, 0) is 0 Å². The Morgan fingerprint density at radius 3 is 1.34 bits per heavy atom. The molecule has 0 aromatic carbocycles. The molecular formula is C46H76N2O37. The summed E-state index contributed by atoms with van der Waals surface area (Å²) in [6, 6.07) is -3.71. The number of hydrogen-bond donors (Lipinski definition) is 24. The summed E-state index contributed by atoms with van der Waals surface area (Å²) >= 11 is 0. The van der Waals surface area contributed by atoms with Gasteiger partial charge in [-0.1, -0.05) is 0 Å². The maximum atomic E-state index is 13.4. The summed E-state index contributed by atoms with van der Waals surface area (Å²) in [5.41, 5.74) is 0. The van der Waals surface area contributed by atoms with Crippen molar-refractivity contribution < 1.29 is 184 Å². The average Bonchev–Trinajstić information content (AvgIpc) is 1.90. The Balaban J connectivity index is 1.24. The number of carboxylic acids is 2. The summed E-state index contributed by atoms with van der Waals surface area (Å²) in [6.07, 6.45) is -63.1. The Hall–Kier alpha value is -3.36. The summed E-state index contributed by atoms with van der Waals surface area (Å²) < 4.78 is 61.3. The Morgan fingerprint density at radius 1 is 0.482 bits per heavy atom. The van der Waals surface area contributed by atoms with Crippen LogP contribution in [0.15, 0.2) is 0 Å². The third-order valence-electron chi connectivity index (χ3n) is 15.2. The maximum Gasteiger partial charge on any atom is 0.364 e. The first kappa shape index (κ1) is 70.7. The number of carboxylic acid groups (broad SMARTS) is 2. The van der Waals surface area contributed by atoms with Crippen LogP contribution >= 0.6 is 0 Å². The summed E-state index contributed by atoms with van der Waals surface area (Å²) in [6.45, 7) is -5.23. The molecule has 0 aliphatic carbocycles. The fraction of sp³-hybridized carbons (Fsp3) is 0.913. The summed E-state index contributed by atoms with van der Waals surface area (Å²) in [4.78, 5) is 51.0. The molecule has 24 N–H and O–H groups in total. The van der Waals surface area contributed by atoms with Crippen molar-refractivity contribution in [2.24, 2.45) is 0 Å². The van der Waals surface area contributed by atoms with Crippen LogP contribution < -0.4 is 10.6 Å². The van der Waals surface area contributed by atoms with Gasteiger partial charge in [0.05, 0.1) is 63.9 Å². The lowest BCUT2D eigenvalue weighted by Crippen LogP contribution is -2.72. The second kappa shape index (κ2) is 29.5. The van der Waals surface area contributed by atoms with E-state index in [1.807, 2.05) is 0 Å². The lowest BCUT2D eigenvalue weighted by atomic mass is 9.87. The van der Waals surface area contributed by atoms with Crippen LogP contribution in [0.3, 0.4) is 0 Å². The van der Waals surface area contributed by atoms with E-state index in [4.69, 9.17) is 52.1 Å². The zero-order valence-corrected chi connectivity index (χ0v) is 44.9. The fourth-order valence-corrected chi connectivity index (χ4v) is 10.7. The Kier molecular flexibility index (Phi) is 24.6. The van der Waals surface area contributed by atoms with E-state index >= 15 is 0 Å². The van der Waals surface area contributed by atoms with Gasteiger partial charge in [0.1, 0.15) is 134 Å². The predicted molar refractivity (Wildman–Crippen MR) is 257 cm³/mol. The Morgan fingerprint density at radius 2 is 0.882 bits per heavy atom. The SMILES string of the molecule is CC(=O)N[C@H]1[C@H]([C@H](O)[C@H](O)CO)O[C@@](O[C@H](CO)[C@@H](O)[C@@H]2O[C@@](O[C@H]3[C@@H](O)[C@@H](CO)O[C@@H](O[C@H]4[C@H](O)[C@@H](O)[C@H](O[C@H]5[C@@H](O)[C@@H](CO)O[C@@H](O[C@H]6[C@H](O)[C@@H](O)[C@H](O)O[C@@H]6CO)[C@@H]5O)O[C@@H]4CO)[C@@H]3O)(C(=O)O)C[C@H](O)[C@H]2NC(C)=O)(C(=O)O)C[C@@H]1O. The second-order valence-electron chi connectivity index (χ2n) is 21.1. The van der Waals surface area contributed by atoms with Gasteiger partial charge < -0.3 is 175 Å². The van der Waals surface area contributed by atoms with Crippen LogP contribution in [0.5, 0.6) is 0 Å². The normalized spacial score (nSPS) is 45.9. The lowest BCUT2D eigenvalue weighted by Gasteiger charge is -2.51. The van der Waals surface area contributed by atoms with E-state index in [-0.39, 0.29) is 0 Å². The van der Waals surface area contributed by atoms with Crippen molar-refractivity contribution in [2.75, 3.05) is 39.6 Å². The standard InChI is InChI=1S/C46H76N2O37/c1-11(55)47-21-13(57)3-45(43(71)72,83-35(21)23(60)15(59)5-49)82-18(8-52)26(63)36-22(48-12(2)56)14(58)4-46(84-36,44(73)74)85-38-25(62)17(7-51)77-42(32(38)69)80-34-20(10-54)78-40(30(67)28(34)65)81-37-24(61)16(6-50)76-41(31(37)68)79-33-19(9-53)75-39(70)29(66)27(33)64/h13-42,49-54,57-70H,3-10H2,1-2H3,(H,47,55)(H,48,56)(H,71,72)(H,73,74)/t13-,14-,15+,16+,17+,18+,19+,20+,21+,22+,23+,24-,25-,26+,27+,28+,29+,30+,31+,32+,33+,34+,35+,36+,37-,38-,39+,40-,41-,42-,45+,46-/m0/s1. The predicted octanol–water partition coefficient (Wildman–Crippen LogP) is -15.4. The first-order valence-electron chi connectivity index (χ1n) is 26.4. The number of amides is 2. The molecule has 2 amide bonds. The number of hydrogen-bond acceptors (Lipinski definition) is 35.